The van der Waals surface area contributed by atoms with Gasteiger partial charge in [-0.1, -0.05) is 0 Å². The maximum Gasteiger partial charge on any atom is 0.215 e. The Morgan fingerprint density at radius 3 is 2.90 bits per heavy atom. The normalized spacial score (nSPS) is 22.3. The molecular formula is C5H7ClN4. The molecule has 0 amide bonds. The highest BCUT2D eigenvalue weighted by atomic mass is 35.5. The molecule has 1 aliphatic heterocycles. The number of nitrogens with zero attached hydrogens (tertiary/aromatic N) is 3. The second-order valence-electron chi connectivity index (χ2n) is 1.71. The van der Waals surface area contributed by atoms with Gasteiger partial charge in [0, 0.05) is 6.21 Å². The highest BCUT2D eigenvalue weighted by molar-refractivity contribution is 5.89. The van der Waals surface area contributed by atoms with Crippen molar-refractivity contribution in [2.45, 2.75) is 0 Å². The Balaban J connectivity index is 0.000000810. The third-order valence-electron chi connectivity index (χ3n) is 1.00. The molecule has 54 valence electrons. The van der Waals surface area contributed by atoms with Crippen LogP contribution in [0.3, 0.4) is 0 Å². The zero-order valence-electron chi connectivity index (χ0n) is 5.19. The summed E-state index contributed by atoms with van der Waals surface area (Å²) in [6.45, 7) is 0.450. The largest absolute Gasteiger partial charge is 0.368 e. The first-order valence-electron chi connectivity index (χ1n) is 2.56. The van der Waals surface area contributed by atoms with Crippen LogP contribution in [0.5, 0.6) is 0 Å². The van der Waals surface area contributed by atoms with E-state index in [1.807, 2.05) is 6.07 Å². The summed E-state index contributed by atoms with van der Waals surface area (Å²) in [6.07, 6.45) is 1.52. The average Bonchev–Trinajstić information content (AvgIpc) is 1.90. The van der Waals surface area contributed by atoms with Crippen molar-refractivity contribution in [2.75, 3.05) is 6.54 Å². The lowest BCUT2D eigenvalue weighted by Crippen LogP contribution is -2.18. The van der Waals surface area contributed by atoms with Gasteiger partial charge in [-0.15, -0.1) is 12.4 Å². The van der Waals surface area contributed by atoms with Gasteiger partial charge in [-0.25, -0.2) is 9.98 Å². The van der Waals surface area contributed by atoms with Crippen molar-refractivity contribution in [2.24, 2.45) is 21.6 Å². The number of halogens is 1. The van der Waals surface area contributed by atoms with E-state index in [4.69, 9.17) is 11.0 Å². The summed E-state index contributed by atoms with van der Waals surface area (Å²) >= 11 is 0. The minimum absolute atomic E-state index is 0. The van der Waals surface area contributed by atoms with E-state index in [0.29, 0.717) is 6.54 Å². The Bertz CT molecular complexity index is 202. The van der Waals surface area contributed by atoms with Crippen molar-refractivity contribution in [1.29, 1.82) is 5.26 Å². The molecule has 0 aromatic carbocycles. The van der Waals surface area contributed by atoms with E-state index in [1.165, 1.54) is 6.21 Å². The van der Waals surface area contributed by atoms with Crippen LogP contribution < -0.4 is 5.73 Å². The third kappa shape index (κ3) is 2.03. The number of guanidine groups is 1. The quantitative estimate of drug-likeness (QED) is 0.537. The molecule has 1 unspecified atom stereocenters. The molecule has 0 spiro atoms. The molecule has 1 rings (SSSR count). The van der Waals surface area contributed by atoms with E-state index < -0.39 is 0 Å². The standard InChI is InChI=1S/C5H6N4.ClH/c6-1-4-2-8-5(7)9-3-4;/h2,4H,3H2,(H2,7,9);1H. The molecule has 0 aromatic rings. The summed E-state index contributed by atoms with van der Waals surface area (Å²) in [6, 6.07) is 2.01. The van der Waals surface area contributed by atoms with Gasteiger partial charge in [0.1, 0.15) is 5.92 Å². The van der Waals surface area contributed by atoms with Gasteiger partial charge in [-0.3, -0.25) is 0 Å². The average molecular weight is 159 g/mol. The summed E-state index contributed by atoms with van der Waals surface area (Å²) < 4.78 is 0. The van der Waals surface area contributed by atoms with Gasteiger partial charge in [-0.2, -0.15) is 5.26 Å². The van der Waals surface area contributed by atoms with E-state index in [2.05, 4.69) is 9.98 Å². The number of nitrogens with two attached hydrogens (primary N) is 1. The van der Waals surface area contributed by atoms with Crippen molar-refractivity contribution in [3.05, 3.63) is 0 Å². The lowest BCUT2D eigenvalue weighted by Gasteiger charge is -2.02. The molecule has 0 aromatic heterocycles. The van der Waals surface area contributed by atoms with E-state index in [-0.39, 0.29) is 24.3 Å². The topological polar surface area (TPSA) is 74.5 Å². The molecule has 0 saturated heterocycles. The molecule has 2 N–H and O–H groups in total. The van der Waals surface area contributed by atoms with Crippen LogP contribution in [0.1, 0.15) is 0 Å². The fourth-order valence-corrected chi connectivity index (χ4v) is 0.520. The molecule has 5 heteroatoms. The monoisotopic (exact) mass is 158 g/mol. The predicted octanol–water partition coefficient (Wildman–Crippen LogP) is -0.0529. The lowest BCUT2D eigenvalue weighted by atomic mass is 10.2. The number of nitriles is 1. The van der Waals surface area contributed by atoms with Gasteiger partial charge >= 0.3 is 0 Å². The van der Waals surface area contributed by atoms with Crippen molar-refractivity contribution in [1.82, 2.24) is 0 Å². The molecule has 4 nitrogen and oxygen atoms in total. The first-order chi connectivity index (χ1) is 4.33. The Labute approximate surface area is 64.9 Å². The molecule has 0 aliphatic carbocycles. The Kier molecular flexibility index (Phi) is 3.44. The van der Waals surface area contributed by atoms with Crippen LogP contribution >= 0.6 is 12.4 Å². The van der Waals surface area contributed by atoms with Gasteiger partial charge in [0.25, 0.3) is 0 Å². The van der Waals surface area contributed by atoms with Crippen LogP contribution in [0.2, 0.25) is 0 Å². The molecule has 10 heavy (non-hydrogen) atoms. The molecule has 0 radical (unpaired) electrons. The third-order valence-corrected chi connectivity index (χ3v) is 1.00. The van der Waals surface area contributed by atoms with E-state index in [9.17, 15) is 0 Å². The van der Waals surface area contributed by atoms with Crippen molar-refractivity contribution in [3.63, 3.8) is 0 Å². The first-order valence-corrected chi connectivity index (χ1v) is 2.56. The molecule has 0 fully saturated rings. The van der Waals surface area contributed by atoms with Gasteiger partial charge in [0.05, 0.1) is 12.6 Å². The van der Waals surface area contributed by atoms with Crippen LogP contribution in [0.4, 0.5) is 0 Å². The predicted molar refractivity (Wildman–Crippen MR) is 41.3 cm³/mol. The van der Waals surface area contributed by atoms with Gasteiger partial charge in [0.15, 0.2) is 0 Å². The van der Waals surface area contributed by atoms with Crippen molar-refractivity contribution < 1.29 is 0 Å². The number of rotatable bonds is 0. The van der Waals surface area contributed by atoms with Gasteiger partial charge in [0.2, 0.25) is 5.96 Å². The zero-order valence-corrected chi connectivity index (χ0v) is 6.01. The van der Waals surface area contributed by atoms with Gasteiger partial charge in [-0.05, 0) is 0 Å². The van der Waals surface area contributed by atoms with E-state index >= 15 is 0 Å². The van der Waals surface area contributed by atoms with Crippen LogP contribution in [-0.4, -0.2) is 18.7 Å². The zero-order chi connectivity index (χ0) is 6.69. The smallest absolute Gasteiger partial charge is 0.215 e. The summed E-state index contributed by atoms with van der Waals surface area (Å²) in [5.74, 6) is 0.0822. The fourth-order valence-electron chi connectivity index (χ4n) is 0.520. The van der Waals surface area contributed by atoms with Crippen LogP contribution in [0.25, 0.3) is 0 Å². The summed E-state index contributed by atoms with van der Waals surface area (Å²) in [5, 5.41) is 8.33. The summed E-state index contributed by atoms with van der Waals surface area (Å²) in [5.41, 5.74) is 5.19. The summed E-state index contributed by atoms with van der Waals surface area (Å²) in [7, 11) is 0. The number of hydrogen-bond donors (Lipinski definition) is 1. The van der Waals surface area contributed by atoms with E-state index in [0.717, 1.165) is 0 Å². The highest BCUT2D eigenvalue weighted by Gasteiger charge is 2.06. The minimum Gasteiger partial charge on any atom is -0.368 e. The summed E-state index contributed by atoms with van der Waals surface area (Å²) in [4.78, 5) is 7.42. The maximum atomic E-state index is 8.33. The van der Waals surface area contributed by atoms with Crippen molar-refractivity contribution in [3.8, 4) is 6.07 Å². The van der Waals surface area contributed by atoms with Gasteiger partial charge < -0.3 is 5.73 Å². The molecular weight excluding hydrogens is 152 g/mol. The molecule has 1 atom stereocenters. The molecule has 1 heterocycles. The Hall–Kier alpha value is -1.08. The maximum absolute atomic E-state index is 8.33. The minimum atomic E-state index is -0.183. The van der Waals surface area contributed by atoms with Crippen LogP contribution in [0, 0.1) is 17.2 Å². The number of aliphatic imine (C=N–C) groups is 2. The second-order valence-corrected chi connectivity index (χ2v) is 1.71. The molecule has 0 saturated carbocycles. The molecule has 0 bridgehead atoms. The molecule has 1 aliphatic rings. The second kappa shape index (κ2) is 3.85. The van der Waals surface area contributed by atoms with Crippen LogP contribution in [-0.2, 0) is 0 Å². The van der Waals surface area contributed by atoms with E-state index in [1.54, 1.807) is 0 Å². The number of hydrogen-bond acceptors (Lipinski definition) is 4. The highest BCUT2D eigenvalue weighted by Crippen LogP contribution is 1.95. The first kappa shape index (κ1) is 8.92. The SMILES string of the molecule is Cl.N#CC1C=NC(N)=NC1. The van der Waals surface area contributed by atoms with Crippen LogP contribution in [0.15, 0.2) is 9.98 Å². The Morgan fingerprint density at radius 2 is 2.50 bits per heavy atom. The fraction of sp³-hybridized carbons (Fsp3) is 0.400. The van der Waals surface area contributed by atoms with Crippen molar-refractivity contribution >= 4 is 24.6 Å². The lowest BCUT2D eigenvalue weighted by molar-refractivity contribution is 0.875. The Morgan fingerprint density at radius 1 is 1.80 bits per heavy atom.